The summed E-state index contributed by atoms with van der Waals surface area (Å²) in [5, 5.41) is 4.21. The summed E-state index contributed by atoms with van der Waals surface area (Å²) in [4.78, 5) is 25.9. The maximum atomic E-state index is 5.45. The molecule has 6 aromatic carbocycles. The van der Waals surface area contributed by atoms with Crippen LogP contribution in [0.1, 0.15) is 22.3 Å². The van der Waals surface area contributed by atoms with Crippen molar-refractivity contribution >= 4 is 43.9 Å². The normalized spacial score (nSPS) is 13.1. The van der Waals surface area contributed by atoms with Crippen molar-refractivity contribution in [3.8, 4) is 34.4 Å². The Kier molecular flexibility index (Phi) is 6.71. The van der Waals surface area contributed by atoms with Gasteiger partial charge >= 0.3 is 0 Å². The molecule has 0 aliphatic heterocycles. The van der Waals surface area contributed by atoms with E-state index < -0.39 is 5.41 Å². The Balaban J connectivity index is 1.21. The molecule has 0 radical (unpaired) electrons. The van der Waals surface area contributed by atoms with Crippen molar-refractivity contribution in [3.63, 3.8) is 0 Å². The van der Waals surface area contributed by atoms with Gasteiger partial charge in [0.25, 0.3) is 0 Å². The summed E-state index contributed by atoms with van der Waals surface area (Å²) >= 11 is 0. The molecule has 5 heterocycles. The third kappa shape index (κ3) is 4.39. The lowest BCUT2D eigenvalue weighted by Gasteiger charge is -2.33. The second-order valence-electron chi connectivity index (χ2n) is 14.5. The van der Waals surface area contributed by atoms with Crippen molar-refractivity contribution in [3.05, 3.63) is 211 Å². The van der Waals surface area contributed by atoms with Crippen LogP contribution in [0.3, 0.4) is 0 Å². The molecule has 0 unspecified atom stereocenters. The van der Waals surface area contributed by atoms with Crippen LogP contribution in [0, 0.1) is 0 Å². The number of pyridine rings is 2. The van der Waals surface area contributed by atoms with Crippen LogP contribution in [-0.2, 0) is 5.41 Å². The van der Waals surface area contributed by atoms with Gasteiger partial charge in [-0.15, -0.1) is 0 Å². The Bertz CT molecular complexity index is 3090. The van der Waals surface area contributed by atoms with Gasteiger partial charge in [0.05, 0.1) is 16.4 Å². The minimum absolute atomic E-state index is 0.440. The lowest BCUT2D eigenvalue weighted by Crippen LogP contribution is -2.28. The van der Waals surface area contributed by atoms with Crippen molar-refractivity contribution in [2.75, 3.05) is 0 Å². The first kappa shape index (κ1) is 31.6. The van der Waals surface area contributed by atoms with E-state index in [0.717, 1.165) is 60.6 Å². The topological polar surface area (TPSA) is 74.3 Å². The number of aromatic nitrogens is 7. The van der Waals surface area contributed by atoms with Crippen LogP contribution in [0.5, 0.6) is 0 Å². The van der Waals surface area contributed by atoms with E-state index in [4.69, 9.17) is 24.9 Å². The standard InChI is InChI=1S/C50H31N7/c1-3-16-32(17-4-1)50(33-18-5-2-6-19-33)40-26-10-7-22-38(40)44-39(23-13-27-41(44)50)45-53-48(56-42-28-11-8-20-34(42)35-21-9-12-29-43(35)56)55-49(54-45)57-46-36(24-14-30-51-46)37-25-15-31-52-47(37)57/h1-31H. The zero-order valence-corrected chi connectivity index (χ0v) is 30.5. The monoisotopic (exact) mass is 729 g/mol. The molecular weight excluding hydrogens is 699 g/mol. The van der Waals surface area contributed by atoms with Crippen molar-refractivity contribution in [1.29, 1.82) is 0 Å². The van der Waals surface area contributed by atoms with Crippen LogP contribution < -0.4 is 0 Å². The van der Waals surface area contributed by atoms with Gasteiger partial charge in [0.2, 0.25) is 11.9 Å². The van der Waals surface area contributed by atoms with E-state index in [9.17, 15) is 0 Å². The second-order valence-corrected chi connectivity index (χ2v) is 14.5. The third-order valence-corrected chi connectivity index (χ3v) is 11.6. The largest absolute Gasteiger partial charge is 0.278 e. The van der Waals surface area contributed by atoms with E-state index in [1.807, 2.05) is 16.7 Å². The van der Waals surface area contributed by atoms with Crippen molar-refractivity contribution < 1.29 is 0 Å². The first-order valence-corrected chi connectivity index (χ1v) is 19.1. The van der Waals surface area contributed by atoms with Crippen LogP contribution in [0.25, 0.3) is 78.3 Å². The first-order valence-electron chi connectivity index (χ1n) is 19.1. The lowest BCUT2D eigenvalue weighted by molar-refractivity contribution is 0.768. The Morgan fingerprint density at radius 3 is 1.49 bits per heavy atom. The van der Waals surface area contributed by atoms with Gasteiger partial charge in [-0.25, -0.2) is 14.5 Å². The van der Waals surface area contributed by atoms with E-state index in [-0.39, 0.29) is 0 Å². The van der Waals surface area contributed by atoms with E-state index in [1.165, 1.54) is 22.3 Å². The third-order valence-electron chi connectivity index (χ3n) is 11.6. The van der Waals surface area contributed by atoms with Crippen LogP contribution >= 0.6 is 0 Å². The van der Waals surface area contributed by atoms with Crippen molar-refractivity contribution in [2.45, 2.75) is 5.41 Å². The minimum atomic E-state index is -0.573. The fourth-order valence-electron chi connectivity index (χ4n) is 9.35. The van der Waals surface area contributed by atoms with Gasteiger partial charge in [0.1, 0.15) is 11.3 Å². The highest BCUT2D eigenvalue weighted by Gasteiger charge is 2.47. The van der Waals surface area contributed by atoms with Crippen molar-refractivity contribution in [2.24, 2.45) is 0 Å². The summed E-state index contributed by atoms with van der Waals surface area (Å²) < 4.78 is 4.13. The van der Waals surface area contributed by atoms with Gasteiger partial charge in [-0.2, -0.15) is 15.0 Å². The molecule has 7 nitrogen and oxygen atoms in total. The molecule has 7 heteroatoms. The number of hydrogen-bond donors (Lipinski definition) is 0. The highest BCUT2D eigenvalue weighted by molar-refractivity contribution is 6.09. The van der Waals surface area contributed by atoms with Crippen LogP contribution in [0.2, 0.25) is 0 Å². The van der Waals surface area contributed by atoms with Crippen LogP contribution in [0.4, 0.5) is 0 Å². The SMILES string of the molecule is c1ccc(C2(c3ccccc3)c3ccccc3-c3c(-c4nc(-n5c6ccccc6c6ccccc65)nc(-n5c6ncccc6c6cccnc65)n4)cccc32)cc1. The Hall–Kier alpha value is -7.77. The van der Waals surface area contributed by atoms with E-state index in [1.54, 1.807) is 12.4 Å². The minimum Gasteiger partial charge on any atom is -0.278 e. The molecule has 1 aliphatic carbocycles. The second kappa shape index (κ2) is 12.1. The number of fused-ring (bicyclic) bond motifs is 9. The van der Waals surface area contributed by atoms with Gasteiger partial charge < -0.3 is 0 Å². The average Bonchev–Trinajstić information content (AvgIpc) is 3.91. The van der Waals surface area contributed by atoms with E-state index >= 15 is 0 Å². The predicted octanol–water partition coefficient (Wildman–Crippen LogP) is 10.9. The maximum absolute atomic E-state index is 5.45. The fraction of sp³-hybridized carbons (Fsp3) is 0.0200. The van der Waals surface area contributed by atoms with Crippen LogP contribution in [-0.4, -0.2) is 34.1 Å². The molecule has 0 bridgehead atoms. The summed E-state index contributed by atoms with van der Waals surface area (Å²) in [6, 6.07) is 62.0. The van der Waals surface area contributed by atoms with E-state index in [0.29, 0.717) is 17.7 Å². The molecule has 0 N–H and O–H groups in total. The molecule has 0 spiro atoms. The molecule has 0 atom stereocenters. The summed E-state index contributed by atoms with van der Waals surface area (Å²) in [6.45, 7) is 0. The lowest BCUT2D eigenvalue weighted by atomic mass is 9.67. The number of para-hydroxylation sites is 2. The average molecular weight is 730 g/mol. The zero-order valence-electron chi connectivity index (χ0n) is 30.5. The number of hydrogen-bond acceptors (Lipinski definition) is 5. The molecule has 1 aliphatic rings. The number of benzene rings is 6. The molecule has 0 saturated heterocycles. The first-order chi connectivity index (χ1) is 28.3. The van der Waals surface area contributed by atoms with Gasteiger partial charge in [0.15, 0.2) is 5.82 Å². The van der Waals surface area contributed by atoms with Gasteiger partial charge in [-0.05, 0) is 69.8 Å². The van der Waals surface area contributed by atoms with Gasteiger partial charge in [0, 0.05) is 39.5 Å². The van der Waals surface area contributed by atoms with Crippen LogP contribution in [0.15, 0.2) is 188 Å². The molecule has 266 valence electrons. The molecule has 57 heavy (non-hydrogen) atoms. The molecule has 11 aromatic rings. The molecule has 12 rings (SSSR count). The van der Waals surface area contributed by atoms with Gasteiger partial charge in [-0.3, -0.25) is 4.57 Å². The quantitative estimate of drug-likeness (QED) is 0.176. The van der Waals surface area contributed by atoms with Gasteiger partial charge in [-0.1, -0.05) is 140 Å². The Morgan fingerprint density at radius 2 is 0.860 bits per heavy atom. The highest BCUT2D eigenvalue weighted by atomic mass is 15.3. The fourth-order valence-corrected chi connectivity index (χ4v) is 9.35. The molecule has 0 saturated carbocycles. The smallest absolute Gasteiger partial charge is 0.242 e. The summed E-state index contributed by atoms with van der Waals surface area (Å²) in [7, 11) is 0. The van der Waals surface area contributed by atoms with E-state index in [2.05, 4.69) is 168 Å². The summed E-state index contributed by atoms with van der Waals surface area (Å²) in [6.07, 6.45) is 3.61. The summed E-state index contributed by atoms with van der Waals surface area (Å²) in [5.74, 6) is 1.51. The maximum Gasteiger partial charge on any atom is 0.242 e. The van der Waals surface area contributed by atoms with Crippen molar-refractivity contribution in [1.82, 2.24) is 34.1 Å². The Morgan fingerprint density at radius 1 is 0.368 bits per heavy atom. The summed E-state index contributed by atoms with van der Waals surface area (Å²) in [5.41, 5.74) is 10.9. The number of rotatable bonds is 5. The highest BCUT2D eigenvalue weighted by Crippen LogP contribution is 2.58. The Labute approximate surface area is 327 Å². The molecule has 0 fully saturated rings. The molecular formula is C50H31N7. The molecule has 5 aromatic heterocycles. The predicted molar refractivity (Wildman–Crippen MR) is 227 cm³/mol. The number of nitrogens with zero attached hydrogens (tertiary/aromatic N) is 7. The molecule has 0 amide bonds. The zero-order chi connectivity index (χ0) is 37.5.